The molecule has 0 saturated heterocycles. The van der Waals surface area contributed by atoms with Gasteiger partial charge in [-0.05, 0) is 24.5 Å². The maximum absolute atomic E-state index is 12.1. The maximum atomic E-state index is 12.1. The van der Waals surface area contributed by atoms with Crippen LogP contribution in [0.5, 0.6) is 0 Å². The van der Waals surface area contributed by atoms with E-state index in [-0.39, 0.29) is 24.6 Å². The molecule has 0 aliphatic heterocycles. The van der Waals surface area contributed by atoms with Crippen molar-refractivity contribution in [2.24, 2.45) is 5.92 Å². The lowest BCUT2D eigenvalue weighted by molar-refractivity contribution is 0.227. The van der Waals surface area contributed by atoms with Crippen LogP contribution in [0.25, 0.3) is 11.1 Å². The number of fused-ring (bicyclic) bond motifs is 1. The number of hydrogen-bond donors (Lipinski definition) is 3. The number of carbonyl (C=O) groups is 1. The van der Waals surface area contributed by atoms with Gasteiger partial charge in [-0.15, -0.1) is 0 Å². The average Bonchev–Trinajstić information content (AvgIpc) is 2.90. The summed E-state index contributed by atoms with van der Waals surface area (Å²) < 4.78 is 5.62. The molecule has 2 aromatic rings. The Morgan fingerprint density at radius 1 is 1.39 bits per heavy atom. The SMILES string of the molecule is CC(C)C(CCO)NC(=O)Nc1ccc2nc(N(C)C)oc2c1. The van der Waals surface area contributed by atoms with Crippen molar-refractivity contribution in [3.8, 4) is 0 Å². The average molecular weight is 320 g/mol. The predicted octanol–water partition coefficient (Wildman–Crippen LogP) is 2.42. The number of nitrogens with zero attached hydrogens (tertiary/aromatic N) is 2. The van der Waals surface area contributed by atoms with E-state index in [1.165, 1.54) is 0 Å². The van der Waals surface area contributed by atoms with E-state index in [0.717, 1.165) is 5.52 Å². The van der Waals surface area contributed by atoms with Crippen molar-refractivity contribution in [2.75, 3.05) is 30.9 Å². The Morgan fingerprint density at radius 2 is 2.13 bits per heavy atom. The molecule has 0 fully saturated rings. The van der Waals surface area contributed by atoms with Gasteiger partial charge in [0.1, 0.15) is 5.52 Å². The van der Waals surface area contributed by atoms with Crippen molar-refractivity contribution in [2.45, 2.75) is 26.3 Å². The highest BCUT2D eigenvalue weighted by molar-refractivity contribution is 5.91. The second kappa shape index (κ2) is 7.32. The highest BCUT2D eigenvalue weighted by Crippen LogP contribution is 2.23. The van der Waals surface area contributed by atoms with Crippen LogP contribution in [0.2, 0.25) is 0 Å². The Labute approximate surface area is 135 Å². The number of rotatable bonds is 6. The first-order valence-corrected chi connectivity index (χ1v) is 7.67. The standard InChI is InChI=1S/C16H24N4O3/c1-10(2)12(7-8-21)18-15(22)17-11-5-6-13-14(9-11)23-16(19-13)20(3)4/h5-6,9-10,12,21H,7-8H2,1-4H3,(H2,17,18,22). The van der Waals surface area contributed by atoms with Crippen LogP contribution in [0, 0.1) is 5.92 Å². The molecule has 1 aromatic carbocycles. The molecule has 1 aromatic heterocycles. The van der Waals surface area contributed by atoms with E-state index in [0.29, 0.717) is 23.7 Å². The van der Waals surface area contributed by atoms with Crippen molar-refractivity contribution < 1.29 is 14.3 Å². The zero-order valence-electron chi connectivity index (χ0n) is 14.0. The first-order valence-electron chi connectivity index (χ1n) is 7.67. The van der Waals surface area contributed by atoms with Crippen molar-refractivity contribution in [3.63, 3.8) is 0 Å². The molecule has 0 radical (unpaired) electrons. The first kappa shape index (κ1) is 17.1. The summed E-state index contributed by atoms with van der Waals surface area (Å²) in [6.07, 6.45) is 0.526. The Bertz CT molecular complexity index is 666. The summed E-state index contributed by atoms with van der Waals surface area (Å²) in [4.78, 5) is 18.2. The van der Waals surface area contributed by atoms with Crippen molar-refractivity contribution in [1.29, 1.82) is 0 Å². The van der Waals surface area contributed by atoms with Crippen LogP contribution < -0.4 is 15.5 Å². The van der Waals surface area contributed by atoms with Crippen LogP contribution in [0.3, 0.4) is 0 Å². The molecule has 0 bridgehead atoms. The third-order valence-electron chi connectivity index (χ3n) is 3.58. The molecule has 2 amide bonds. The Hall–Kier alpha value is -2.28. The van der Waals surface area contributed by atoms with Crippen LogP contribution >= 0.6 is 0 Å². The van der Waals surface area contributed by atoms with Gasteiger partial charge >= 0.3 is 6.03 Å². The largest absolute Gasteiger partial charge is 0.423 e. The van der Waals surface area contributed by atoms with Crippen LogP contribution in [0.15, 0.2) is 22.6 Å². The topological polar surface area (TPSA) is 90.6 Å². The fourth-order valence-electron chi connectivity index (χ4n) is 2.23. The molecule has 0 saturated carbocycles. The normalized spacial score (nSPS) is 12.4. The van der Waals surface area contributed by atoms with Gasteiger partial charge in [0, 0.05) is 38.5 Å². The van der Waals surface area contributed by atoms with Crippen molar-refractivity contribution in [1.82, 2.24) is 10.3 Å². The number of aromatic nitrogens is 1. The lowest BCUT2D eigenvalue weighted by atomic mass is 10.0. The summed E-state index contributed by atoms with van der Waals surface area (Å²) in [7, 11) is 3.70. The van der Waals surface area contributed by atoms with Gasteiger partial charge in [0.25, 0.3) is 6.01 Å². The number of amides is 2. The lowest BCUT2D eigenvalue weighted by Crippen LogP contribution is -2.41. The van der Waals surface area contributed by atoms with Gasteiger partial charge in [-0.1, -0.05) is 13.8 Å². The summed E-state index contributed by atoms with van der Waals surface area (Å²) >= 11 is 0. The minimum absolute atomic E-state index is 0.0421. The number of hydrogen-bond acceptors (Lipinski definition) is 5. The van der Waals surface area contributed by atoms with E-state index in [9.17, 15) is 4.79 Å². The first-order chi connectivity index (χ1) is 10.9. The molecule has 0 spiro atoms. The second-order valence-corrected chi connectivity index (χ2v) is 6.03. The third-order valence-corrected chi connectivity index (χ3v) is 3.58. The molecule has 2 rings (SSSR count). The van der Waals surface area contributed by atoms with Crippen LogP contribution in [0.1, 0.15) is 20.3 Å². The summed E-state index contributed by atoms with van der Waals surface area (Å²) in [5.41, 5.74) is 1.98. The number of carbonyl (C=O) groups excluding carboxylic acids is 1. The summed E-state index contributed by atoms with van der Waals surface area (Å²) in [5, 5.41) is 14.7. The van der Waals surface area contributed by atoms with Crippen LogP contribution in [0.4, 0.5) is 16.5 Å². The van der Waals surface area contributed by atoms with Crippen LogP contribution in [-0.2, 0) is 0 Å². The predicted molar refractivity (Wildman–Crippen MR) is 90.8 cm³/mol. The van der Waals surface area contributed by atoms with Crippen LogP contribution in [-0.4, -0.2) is 42.9 Å². The molecule has 0 aliphatic carbocycles. The van der Waals surface area contributed by atoms with Crippen molar-refractivity contribution in [3.05, 3.63) is 18.2 Å². The lowest BCUT2D eigenvalue weighted by Gasteiger charge is -2.21. The van der Waals surface area contributed by atoms with Gasteiger partial charge in [0.2, 0.25) is 0 Å². The monoisotopic (exact) mass is 320 g/mol. The van der Waals surface area contributed by atoms with Gasteiger partial charge < -0.3 is 25.1 Å². The molecule has 3 N–H and O–H groups in total. The maximum Gasteiger partial charge on any atom is 0.319 e. The smallest absolute Gasteiger partial charge is 0.319 e. The molecular weight excluding hydrogens is 296 g/mol. The zero-order valence-corrected chi connectivity index (χ0v) is 14.0. The number of aliphatic hydroxyl groups excluding tert-OH is 1. The van der Waals surface area contributed by atoms with Gasteiger partial charge in [-0.25, -0.2) is 4.79 Å². The van der Waals surface area contributed by atoms with Gasteiger partial charge in [-0.2, -0.15) is 4.98 Å². The molecule has 7 nitrogen and oxygen atoms in total. The number of oxazole rings is 1. The van der Waals surface area contributed by atoms with Gasteiger partial charge in [0.05, 0.1) is 0 Å². The van der Waals surface area contributed by atoms with E-state index in [1.54, 1.807) is 23.1 Å². The van der Waals surface area contributed by atoms with E-state index >= 15 is 0 Å². The molecule has 1 unspecified atom stereocenters. The fraction of sp³-hybridized carbons (Fsp3) is 0.500. The third kappa shape index (κ3) is 4.35. The molecule has 0 aliphatic rings. The highest BCUT2D eigenvalue weighted by Gasteiger charge is 2.16. The number of aliphatic hydroxyl groups is 1. The Morgan fingerprint density at radius 3 is 2.74 bits per heavy atom. The highest BCUT2D eigenvalue weighted by atomic mass is 16.4. The van der Waals surface area contributed by atoms with E-state index in [4.69, 9.17) is 9.52 Å². The summed E-state index contributed by atoms with van der Waals surface area (Å²) in [5.74, 6) is 0.243. The molecular formula is C16H24N4O3. The molecule has 126 valence electrons. The molecule has 7 heteroatoms. The molecule has 1 atom stereocenters. The zero-order chi connectivity index (χ0) is 17.0. The molecule has 23 heavy (non-hydrogen) atoms. The fourth-order valence-corrected chi connectivity index (χ4v) is 2.23. The van der Waals surface area contributed by atoms with Gasteiger partial charge in [-0.3, -0.25) is 0 Å². The second-order valence-electron chi connectivity index (χ2n) is 6.03. The number of nitrogens with one attached hydrogen (secondary N) is 2. The Balaban J connectivity index is 2.07. The van der Waals surface area contributed by atoms with Gasteiger partial charge in [0.15, 0.2) is 5.58 Å². The minimum atomic E-state index is -0.302. The Kier molecular flexibility index (Phi) is 5.44. The summed E-state index contributed by atoms with van der Waals surface area (Å²) in [6, 6.07) is 5.46. The van der Waals surface area contributed by atoms with E-state index < -0.39 is 0 Å². The quantitative estimate of drug-likeness (QED) is 0.760. The number of urea groups is 1. The molecule has 1 heterocycles. The van der Waals surface area contributed by atoms with E-state index in [2.05, 4.69) is 15.6 Å². The van der Waals surface area contributed by atoms with E-state index in [1.807, 2.05) is 27.9 Å². The number of benzene rings is 1. The summed E-state index contributed by atoms with van der Waals surface area (Å²) in [6.45, 7) is 4.05. The number of anilines is 2. The minimum Gasteiger partial charge on any atom is -0.423 e. The van der Waals surface area contributed by atoms with Crippen molar-refractivity contribution >= 4 is 28.8 Å².